The molecule has 0 aliphatic heterocycles. The van der Waals surface area contributed by atoms with Crippen molar-refractivity contribution in [3.8, 4) is 0 Å². The van der Waals surface area contributed by atoms with E-state index < -0.39 is 11.6 Å². The molecule has 2 nitrogen and oxygen atoms in total. The highest BCUT2D eigenvalue weighted by molar-refractivity contribution is 5.32. The van der Waals surface area contributed by atoms with Gasteiger partial charge in [0.05, 0.1) is 6.61 Å². The lowest BCUT2D eigenvalue weighted by Gasteiger charge is -2.37. The Bertz CT molecular complexity index is 419. The molecule has 1 fully saturated rings. The molecule has 2 rings (SSSR count). The van der Waals surface area contributed by atoms with Crippen LogP contribution in [0.15, 0.2) is 12.1 Å². The van der Waals surface area contributed by atoms with Crippen LogP contribution < -0.4 is 5.73 Å². The van der Waals surface area contributed by atoms with E-state index in [1.165, 1.54) is 25.7 Å². The Labute approximate surface area is 112 Å². The first-order valence-electron chi connectivity index (χ1n) is 6.80. The second-order valence-electron chi connectivity index (χ2n) is 5.40. The molecule has 1 aromatic carbocycles. The fraction of sp³-hybridized carbons (Fsp3) is 0.600. The molecule has 106 valence electrons. The Morgan fingerprint density at radius 2 is 1.74 bits per heavy atom. The summed E-state index contributed by atoms with van der Waals surface area (Å²) in [5.41, 5.74) is 6.33. The summed E-state index contributed by atoms with van der Waals surface area (Å²) in [6, 6.07) is 2.88. The van der Waals surface area contributed by atoms with Gasteiger partial charge in [-0.05, 0) is 30.5 Å². The molecule has 0 unspecified atom stereocenters. The zero-order chi connectivity index (χ0) is 13.9. The fourth-order valence-electron chi connectivity index (χ4n) is 3.03. The van der Waals surface area contributed by atoms with Gasteiger partial charge in [-0.3, -0.25) is 0 Å². The second kappa shape index (κ2) is 5.97. The van der Waals surface area contributed by atoms with Gasteiger partial charge in [-0.2, -0.15) is 0 Å². The third kappa shape index (κ3) is 2.79. The van der Waals surface area contributed by atoms with Crippen molar-refractivity contribution in [3.05, 3.63) is 34.9 Å². The first-order chi connectivity index (χ1) is 9.13. The molecule has 1 aliphatic rings. The summed E-state index contributed by atoms with van der Waals surface area (Å²) in [5.74, 6) is -1.06. The molecule has 1 saturated carbocycles. The van der Waals surface area contributed by atoms with E-state index in [2.05, 4.69) is 0 Å². The second-order valence-corrected chi connectivity index (χ2v) is 5.40. The first-order valence-corrected chi connectivity index (χ1v) is 6.80. The first kappa shape index (κ1) is 14.4. The van der Waals surface area contributed by atoms with Gasteiger partial charge in [0.2, 0.25) is 0 Å². The van der Waals surface area contributed by atoms with Gasteiger partial charge in [-0.15, -0.1) is 0 Å². The van der Waals surface area contributed by atoms with Crippen molar-refractivity contribution in [1.29, 1.82) is 0 Å². The molecule has 19 heavy (non-hydrogen) atoms. The van der Waals surface area contributed by atoms with Crippen LogP contribution in [0.25, 0.3) is 0 Å². The SMILES string of the molecule is COCc1c(F)cc(C2(CN)CCCCC2)cc1F. The summed E-state index contributed by atoms with van der Waals surface area (Å²) in [4.78, 5) is 0. The minimum atomic E-state index is -0.532. The molecule has 0 heterocycles. The number of hydrogen-bond acceptors (Lipinski definition) is 2. The Morgan fingerprint density at radius 1 is 1.16 bits per heavy atom. The molecule has 0 atom stereocenters. The highest BCUT2D eigenvalue weighted by Gasteiger charge is 2.33. The Balaban J connectivity index is 2.39. The zero-order valence-electron chi connectivity index (χ0n) is 11.3. The largest absolute Gasteiger partial charge is 0.380 e. The van der Waals surface area contributed by atoms with Gasteiger partial charge in [-0.1, -0.05) is 19.3 Å². The van der Waals surface area contributed by atoms with Crippen molar-refractivity contribution < 1.29 is 13.5 Å². The number of methoxy groups -OCH3 is 1. The summed E-state index contributed by atoms with van der Waals surface area (Å²) in [6.07, 6.45) is 5.13. The van der Waals surface area contributed by atoms with Crippen molar-refractivity contribution in [2.75, 3.05) is 13.7 Å². The zero-order valence-corrected chi connectivity index (χ0v) is 11.3. The van der Waals surface area contributed by atoms with Crippen LogP contribution in [-0.2, 0) is 16.8 Å². The number of hydrogen-bond donors (Lipinski definition) is 1. The molecule has 1 aromatic rings. The van der Waals surface area contributed by atoms with E-state index in [4.69, 9.17) is 10.5 Å². The predicted octanol–water partition coefficient (Wildman–Crippen LogP) is 3.27. The van der Waals surface area contributed by atoms with Crippen molar-refractivity contribution in [1.82, 2.24) is 0 Å². The summed E-state index contributed by atoms with van der Waals surface area (Å²) in [6.45, 7) is 0.392. The van der Waals surface area contributed by atoms with Crippen molar-refractivity contribution in [3.63, 3.8) is 0 Å². The molecule has 4 heteroatoms. The van der Waals surface area contributed by atoms with E-state index in [1.54, 1.807) is 0 Å². The summed E-state index contributed by atoms with van der Waals surface area (Å²) < 4.78 is 32.8. The maximum Gasteiger partial charge on any atom is 0.131 e. The van der Waals surface area contributed by atoms with Crippen molar-refractivity contribution in [2.24, 2.45) is 5.73 Å². The minimum absolute atomic E-state index is 0.00534. The van der Waals surface area contributed by atoms with Crippen molar-refractivity contribution in [2.45, 2.75) is 44.1 Å². The number of halogens is 2. The average molecular weight is 269 g/mol. The molecule has 2 N–H and O–H groups in total. The third-order valence-electron chi connectivity index (χ3n) is 4.24. The Hall–Kier alpha value is -1.00. The van der Waals surface area contributed by atoms with E-state index in [0.717, 1.165) is 25.7 Å². The van der Waals surface area contributed by atoms with Crippen LogP contribution >= 0.6 is 0 Å². The highest BCUT2D eigenvalue weighted by atomic mass is 19.1. The van der Waals surface area contributed by atoms with E-state index in [-0.39, 0.29) is 17.6 Å². The molecule has 0 bridgehead atoms. The van der Waals surface area contributed by atoms with E-state index in [0.29, 0.717) is 12.1 Å². The Morgan fingerprint density at radius 3 is 2.21 bits per heavy atom. The molecule has 0 radical (unpaired) electrons. The van der Waals surface area contributed by atoms with E-state index in [9.17, 15) is 8.78 Å². The van der Waals surface area contributed by atoms with Crippen LogP contribution in [0.4, 0.5) is 8.78 Å². The van der Waals surface area contributed by atoms with E-state index >= 15 is 0 Å². The maximum absolute atomic E-state index is 14.0. The Kier molecular flexibility index (Phi) is 4.53. The van der Waals surface area contributed by atoms with Crippen molar-refractivity contribution >= 4 is 0 Å². The standard InChI is InChI=1S/C15H21F2NO/c1-19-9-12-13(16)7-11(8-14(12)17)15(10-18)5-3-2-4-6-15/h7-8H,2-6,9-10,18H2,1H3. The molecular weight excluding hydrogens is 248 g/mol. The number of benzene rings is 1. The smallest absolute Gasteiger partial charge is 0.131 e. The maximum atomic E-state index is 14.0. The highest BCUT2D eigenvalue weighted by Crippen LogP contribution is 2.39. The van der Waals surface area contributed by atoms with Crippen LogP contribution in [0.3, 0.4) is 0 Å². The third-order valence-corrected chi connectivity index (χ3v) is 4.24. The summed E-state index contributed by atoms with van der Waals surface area (Å²) in [5, 5.41) is 0. The van der Waals surface area contributed by atoms with Crippen LogP contribution in [0.5, 0.6) is 0 Å². The lowest BCUT2D eigenvalue weighted by atomic mass is 9.69. The average Bonchev–Trinajstić information content (AvgIpc) is 2.43. The van der Waals surface area contributed by atoms with Gasteiger partial charge in [0.1, 0.15) is 11.6 Å². The topological polar surface area (TPSA) is 35.2 Å². The van der Waals surface area contributed by atoms with Crippen LogP contribution in [0, 0.1) is 11.6 Å². The lowest BCUT2D eigenvalue weighted by Crippen LogP contribution is -2.37. The van der Waals surface area contributed by atoms with Crippen LogP contribution in [0.2, 0.25) is 0 Å². The lowest BCUT2D eigenvalue weighted by molar-refractivity contribution is 0.177. The van der Waals surface area contributed by atoms with Gasteiger partial charge < -0.3 is 10.5 Å². The number of ether oxygens (including phenoxy) is 1. The molecule has 0 spiro atoms. The molecule has 0 amide bonds. The molecule has 1 aliphatic carbocycles. The van der Waals surface area contributed by atoms with Crippen LogP contribution in [-0.4, -0.2) is 13.7 Å². The van der Waals surface area contributed by atoms with Gasteiger partial charge in [0, 0.05) is 24.6 Å². The minimum Gasteiger partial charge on any atom is -0.380 e. The summed E-state index contributed by atoms with van der Waals surface area (Å²) >= 11 is 0. The van der Waals surface area contributed by atoms with Crippen LogP contribution in [0.1, 0.15) is 43.2 Å². The normalized spacial score (nSPS) is 18.5. The van der Waals surface area contributed by atoms with Gasteiger partial charge in [0.15, 0.2) is 0 Å². The predicted molar refractivity (Wildman–Crippen MR) is 70.9 cm³/mol. The van der Waals surface area contributed by atoms with Gasteiger partial charge in [-0.25, -0.2) is 8.78 Å². The monoisotopic (exact) mass is 269 g/mol. The fourth-order valence-corrected chi connectivity index (χ4v) is 3.03. The summed E-state index contributed by atoms with van der Waals surface area (Å²) in [7, 11) is 1.43. The van der Waals surface area contributed by atoms with Gasteiger partial charge in [0.25, 0.3) is 0 Å². The van der Waals surface area contributed by atoms with E-state index in [1.807, 2.05) is 0 Å². The quantitative estimate of drug-likeness (QED) is 0.910. The number of rotatable bonds is 4. The van der Waals surface area contributed by atoms with Gasteiger partial charge >= 0.3 is 0 Å². The molecule has 0 saturated heterocycles. The molecular formula is C15H21F2NO. The number of nitrogens with two attached hydrogens (primary N) is 1. The molecule has 0 aromatic heterocycles.